The van der Waals surface area contributed by atoms with E-state index in [1.54, 1.807) is 48.7 Å². The lowest BCUT2D eigenvalue weighted by Gasteiger charge is -2.27. The zero-order valence-electron chi connectivity index (χ0n) is 13.9. The Morgan fingerprint density at radius 2 is 1.54 bits per heavy atom. The van der Waals surface area contributed by atoms with E-state index in [1.165, 1.54) is 7.05 Å². The van der Waals surface area contributed by atoms with E-state index in [1.807, 2.05) is 6.07 Å². The van der Waals surface area contributed by atoms with Gasteiger partial charge in [0.15, 0.2) is 0 Å². The minimum absolute atomic E-state index is 0.450. The SMILES string of the molecule is CN(C(c1ccccc1)c1ccccn1)S(=O)(=O)c1cc(F)cc(F)c1. The molecule has 3 rings (SSSR count). The largest absolute Gasteiger partial charge is 0.259 e. The van der Waals surface area contributed by atoms with Crippen molar-refractivity contribution < 1.29 is 17.2 Å². The highest BCUT2D eigenvalue weighted by atomic mass is 32.2. The fourth-order valence-electron chi connectivity index (χ4n) is 2.72. The van der Waals surface area contributed by atoms with Gasteiger partial charge in [-0.3, -0.25) is 4.98 Å². The van der Waals surface area contributed by atoms with Crippen LogP contribution in [0.15, 0.2) is 77.8 Å². The van der Waals surface area contributed by atoms with E-state index in [4.69, 9.17) is 0 Å². The molecule has 26 heavy (non-hydrogen) atoms. The summed E-state index contributed by atoms with van der Waals surface area (Å²) >= 11 is 0. The molecule has 1 aromatic heterocycles. The highest BCUT2D eigenvalue weighted by molar-refractivity contribution is 7.89. The van der Waals surface area contributed by atoms with Crippen LogP contribution in [-0.2, 0) is 10.0 Å². The van der Waals surface area contributed by atoms with Crippen molar-refractivity contribution in [2.75, 3.05) is 7.05 Å². The van der Waals surface area contributed by atoms with Gasteiger partial charge in [0.05, 0.1) is 16.6 Å². The molecule has 0 aliphatic carbocycles. The average Bonchev–Trinajstić information content (AvgIpc) is 2.63. The Hall–Kier alpha value is -2.64. The van der Waals surface area contributed by atoms with Crippen LogP contribution in [0.2, 0.25) is 0 Å². The van der Waals surface area contributed by atoms with E-state index in [9.17, 15) is 17.2 Å². The summed E-state index contributed by atoms with van der Waals surface area (Å²) < 4.78 is 54.1. The quantitative estimate of drug-likeness (QED) is 0.683. The molecule has 2 aromatic carbocycles. The van der Waals surface area contributed by atoms with Crippen molar-refractivity contribution in [3.63, 3.8) is 0 Å². The number of aromatic nitrogens is 1. The van der Waals surface area contributed by atoms with Crippen LogP contribution in [0.3, 0.4) is 0 Å². The summed E-state index contributed by atoms with van der Waals surface area (Å²) in [6.07, 6.45) is 1.56. The minimum atomic E-state index is -4.17. The van der Waals surface area contributed by atoms with Crippen LogP contribution >= 0.6 is 0 Å². The predicted octanol–water partition coefficient (Wildman–Crippen LogP) is 3.77. The molecule has 0 aliphatic heterocycles. The van der Waals surface area contributed by atoms with Gasteiger partial charge in [-0.05, 0) is 29.8 Å². The average molecular weight is 374 g/mol. The van der Waals surface area contributed by atoms with Gasteiger partial charge in [-0.1, -0.05) is 36.4 Å². The second-order valence-corrected chi connectivity index (χ2v) is 7.69. The second kappa shape index (κ2) is 7.31. The Morgan fingerprint density at radius 3 is 2.12 bits per heavy atom. The van der Waals surface area contributed by atoms with Crippen molar-refractivity contribution in [3.8, 4) is 0 Å². The van der Waals surface area contributed by atoms with Gasteiger partial charge < -0.3 is 0 Å². The summed E-state index contributed by atoms with van der Waals surface area (Å²) in [5.41, 5.74) is 1.19. The Kier molecular flexibility index (Phi) is 5.11. The van der Waals surface area contributed by atoms with E-state index >= 15 is 0 Å². The molecule has 1 atom stereocenters. The summed E-state index contributed by atoms with van der Waals surface area (Å²) in [6, 6.07) is 15.6. The van der Waals surface area contributed by atoms with Crippen molar-refractivity contribution >= 4 is 10.0 Å². The number of nitrogens with zero attached hydrogens (tertiary/aromatic N) is 2. The number of sulfonamides is 1. The van der Waals surface area contributed by atoms with Gasteiger partial charge in [0.2, 0.25) is 10.0 Å². The lowest BCUT2D eigenvalue weighted by Crippen LogP contribution is -2.32. The van der Waals surface area contributed by atoms with Gasteiger partial charge >= 0.3 is 0 Å². The van der Waals surface area contributed by atoms with Crippen LogP contribution in [0.25, 0.3) is 0 Å². The Balaban J connectivity index is 2.12. The maximum atomic E-state index is 13.5. The van der Waals surface area contributed by atoms with Crippen molar-refractivity contribution in [2.24, 2.45) is 0 Å². The molecule has 4 nitrogen and oxygen atoms in total. The molecule has 0 saturated heterocycles. The minimum Gasteiger partial charge on any atom is -0.259 e. The van der Waals surface area contributed by atoms with E-state index < -0.39 is 32.6 Å². The van der Waals surface area contributed by atoms with Crippen molar-refractivity contribution in [1.29, 1.82) is 0 Å². The number of hydrogen-bond acceptors (Lipinski definition) is 3. The summed E-state index contributed by atoms with van der Waals surface area (Å²) in [4.78, 5) is 3.81. The lowest BCUT2D eigenvalue weighted by atomic mass is 10.0. The molecule has 0 N–H and O–H groups in total. The maximum absolute atomic E-state index is 13.5. The molecule has 7 heteroatoms. The summed E-state index contributed by atoms with van der Waals surface area (Å²) in [6.45, 7) is 0. The summed E-state index contributed by atoms with van der Waals surface area (Å²) in [5, 5.41) is 0. The van der Waals surface area contributed by atoms with Crippen molar-refractivity contribution in [3.05, 3.63) is 95.8 Å². The second-order valence-electron chi connectivity index (χ2n) is 5.69. The molecule has 3 aromatic rings. The third-order valence-corrected chi connectivity index (χ3v) is 5.76. The highest BCUT2D eigenvalue weighted by Crippen LogP contribution is 2.31. The normalized spacial score (nSPS) is 12.9. The van der Waals surface area contributed by atoms with E-state index in [-0.39, 0.29) is 0 Å². The van der Waals surface area contributed by atoms with Crippen LogP contribution < -0.4 is 0 Å². The van der Waals surface area contributed by atoms with Gasteiger partial charge in [-0.15, -0.1) is 0 Å². The summed E-state index contributed by atoms with van der Waals surface area (Å²) in [7, 11) is -2.80. The molecule has 0 spiro atoms. The zero-order valence-corrected chi connectivity index (χ0v) is 14.7. The summed E-state index contributed by atoms with van der Waals surface area (Å²) in [5.74, 6) is -1.91. The van der Waals surface area contributed by atoms with Crippen LogP contribution in [0, 0.1) is 11.6 Å². The first-order valence-electron chi connectivity index (χ1n) is 7.79. The molecule has 0 bridgehead atoms. The smallest absolute Gasteiger partial charge is 0.243 e. The van der Waals surface area contributed by atoms with Crippen LogP contribution in [-0.4, -0.2) is 24.8 Å². The standard InChI is InChI=1S/C19H16F2N2O2S/c1-23(26(24,25)17-12-15(20)11-16(21)13-17)19(14-7-3-2-4-8-14)18-9-5-6-10-22-18/h2-13,19H,1H3. The first-order chi connectivity index (χ1) is 12.4. The predicted molar refractivity (Wildman–Crippen MR) is 93.8 cm³/mol. The van der Waals surface area contributed by atoms with Gasteiger partial charge in [0.25, 0.3) is 0 Å². The fourth-order valence-corrected chi connectivity index (χ4v) is 4.09. The molecule has 0 saturated carbocycles. The van der Waals surface area contributed by atoms with Crippen LogP contribution in [0.4, 0.5) is 8.78 Å². The number of benzene rings is 2. The van der Waals surface area contributed by atoms with Gasteiger partial charge in [0, 0.05) is 19.3 Å². The molecule has 0 fully saturated rings. The van der Waals surface area contributed by atoms with Crippen LogP contribution in [0.1, 0.15) is 17.3 Å². The molecule has 1 heterocycles. The molecule has 0 radical (unpaired) electrons. The Bertz CT molecular complexity index is 937. The van der Waals surface area contributed by atoms with Crippen molar-refractivity contribution in [2.45, 2.75) is 10.9 Å². The van der Waals surface area contributed by atoms with Gasteiger partial charge in [0.1, 0.15) is 11.6 Å². The number of rotatable bonds is 5. The third kappa shape index (κ3) is 3.63. The molecule has 0 aliphatic rings. The van der Waals surface area contributed by atoms with Gasteiger partial charge in [-0.2, -0.15) is 4.31 Å². The van der Waals surface area contributed by atoms with Crippen molar-refractivity contribution in [1.82, 2.24) is 9.29 Å². The first kappa shape index (κ1) is 18.2. The topological polar surface area (TPSA) is 50.3 Å². The Morgan fingerprint density at radius 1 is 0.923 bits per heavy atom. The zero-order chi connectivity index (χ0) is 18.7. The highest BCUT2D eigenvalue weighted by Gasteiger charge is 2.31. The molecular formula is C19H16F2N2O2S. The fraction of sp³-hybridized carbons (Fsp3) is 0.105. The van der Waals surface area contributed by atoms with Gasteiger partial charge in [-0.25, -0.2) is 17.2 Å². The molecule has 134 valence electrons. The van der Waals surface area contributed by atoms with Crippen LogP contribution in [0.5, 0.6) is 0 Å². The maximum Gasteiger partial charge on any atom is 0.243 e. The van der Waals surface area contributed by atoms with E-state index in [0.717, 1.165) is 16.4 Å². The Labute approximate surface area is 150 Å². The number of halogens is 2. The lowest BCUT2D eigenvalue weighted by molar-refractivity contribution is 0.411. The number of hydrogen-bond donors (Lipinski definition) is 0. The molecule has 0 amide bonds. The third-order valence-electron chi connectivity index (χ3n) is 3.96. The number of pyridine rings is 1. The first-order valence-corrected chi connectivity index (χ1v) is 9.23. The van der Waals surface area contributed by atoms with E-state index in [0.29, 0.717) is 17.3 Å². The molecular weight excluding hydrogens is 358 g/mol. The van der Waals surface area contributed by atoms with E-state index in [2.05, 4.69) is 4.98 Å². The molecule has 1 unspecified atom stereocenters. The monoisotopic (exact) mass is 374 g/mol.